The largest absolute Gasteiger partial charge is 0.493 e. The predicted molar refractivity (Wildman–Crippen MR) is 86.0 cm³/mol. The molecule has 7 nitrogen and oxygen atoms in total. The zero-order chi connectivity index (χ0) is 16.9. The van der Waals surface area contributed by atoms with Crippen LogP contribution in [0.25, 0.3) is 0 Å². The highest BCUT2D eigenvalue weighted by Crippen LogP contribution is 2.31. The SMILES string of the molecule is O=C(COc1ccccc1[N+](=O)[O-])N[C@H]1CCOc2ccccc21. The molecule has 1 amide bonds. The lowest BCUT2D eigenvalue weighted by molar-refractivity contribution is -0.385. The number of benzene rings is 2. The summed E-state index contributed by atoms with van der Waals surface area (Å²) >= 11 is 0. The molecular weight excluding hydrogens is 312 g/mol. The Morgan fingerprint density at radius 3 is 2.83 bits per heavy atom. The maximum absolute atomic E-state index is 12.1. The number of nitro benzene ring substituents is 1. The molecule has 1 aliphatic rings. The number of ether oxygens (including phenoxy) is 2. The Hall–Kier alpha value is -3.09. The first-order valence-corrected chi connectivity index (χ1v) is 7.52. The number of nitro groups is 1. The first kappa shape index (κ1) is 15.8. The Bertz CT molecular complexity index is 762. The summed E-state index contributed by atoms with van der Waals surface area (Å²) < 4.78 is 10.9. The van der Waals surface area contributed by atoms with E-state index in [0.717, 1.165) is 11.3 Å². The van der Waals surface area contributed by atoms with Crippen LogP contribution in [-0.2, 0) is 4.79 Å². The molecular formula is C17H16N2O5. The van der Waals surface area contributed by atoms with Gasteiger partial charge in [-0.2, -0.15) is 0 Å². The molecule has 0 bridgehead atoms. The summed E-state index contributed by atoms with van der Waals surface area (Å²) in [6, 6.07) is 13.3. The van der Waals surface area contributed by atoms with Crippen molar-refractivity contribution in [2.45, 2.75) is 12.5 Å². The molecule has 1 heterocycles. The second kappa shape index (κ2) is 6.99. The van der Waals surface area contributed by atoms with Crippen molar-refractivity contribution < 1.29 is 19.2 Å². The number of hydrogen-bond acceptors (Lipinski definition) is 5. The number of para-hydroxylation sites is 3. The van der Waals surface area contributed by atoms with Crippen LogP contribution in [0.2, 0.25) is 0 Å². The molecule has 0 saturated heterocycles. The molecule has 7 heteroatoms. The summed E-state index contributed by atoms with van der Waals surface area (Å²) in [5, 5.41) is 13.8. The van der Waals surface area contributed by atoms with Crippen molar-refractivity contribution in [1.82, 2.24) is 5.32 Å². The molecule has 1 aliphatic heterocycles. The van der Waals surface area contributed by atoms with Gasteiger partial charge in [-0.05, 0) is 12.1 Å². The van der Waals surface area contributed by atoms with Gasteiger partial charge in [0.15, 0.2) is 12.4 Å². The first-order chi connectivity index (χ1) is 11.6. The van der Waals surface area contributed by atoms with Gasteiger partial charge in [0.1, 0.15) is 5.75 Å². The smallest absolute Gasteiger partial charge is 0.310 e. The van der Waals surface area contributed by atoms with Crippen molar-refractivity contribution in [2.24, 2.45) is 0 Å². The number of fused-ring (bicyclic) bond motifs is 1. The minimum absolute atomic E-state index is 0.0741. The molecule has 0 spiro atoms. The summed E-state index contributed by atoms with van der Waals surface area (Å²) in [4.78, 5) is 22.5. The Kier molecular flexibility index (Phi) is 4.60. The third-order valence-electron chi connectivity index (χ3n) is 3.71. The molecule has 3 rings (SSSR count). The lowest BCUT2D eigenvalue weighted by atomic mass is 10.0. The minimum atomic E-state index is -0.540. The van der Waals surface area contributed by atoms with Crippen molar-refractivity contribution in [3.8, 4) is 11.5 Å². The van der Waals surface area contributed by atoms with E-state index < -0.39 is 4.92 Å². The molecule has 0 radical (unpaired) electrons. The second-order valence-electron chi connectivity index (χ2n) is 5.31. The minimum Gasteiger partial charge on any atom is -0.493 e. The molecule has 0 saturated carbocycles. The van der Waals surface area contributed by atoms with Crippen LogP contribution in [0.5, 0.6) is 11.5 Å². The van der Waals surface area contributed by atoms with E-state index in [1.807, 2.05) is 24.3 Å². The van der Waals surface area contributed by atoms with Gasteiger partial charge in [-0.3, -0.25) is 14.9 Å². The van der Waals surface area contributed by atoms with E-state index in [-0.39, 0.29) is 30.0 Å². The fourth-order valence-electron chi connectivity index (χ4n) is 2.60. The van der Waals surface area contributed by atoms with Gasteiger partial charge in [0, 0.05) is 18.1 Å². The van der Waals surface area contributed by atoms with Gasteiger partial charge in [0.05, 0.1) is 17.6 Å². The standard InChI is InChI=1S/C17H16N2O5/c20-17(11-24-16-8-4-2-6-14(16)19(21)22)18-13-9-10-23-15-7-3-1-5-12(13)15/h1-8,13H,9-11H2,(H,18,20)/t13-/m0/s1. The third kappa shape index (κ3) is 3.45. The Morgan fingerprint density at radius 2 is 2.00 bits per heavy atom. The van der Waals surface area contributed by atoms with Gasteiger partial charge in [0.2, 0.25) is 0 Å². The van der Waals surface area contributed by atoms with Crippen molar-refractivity contribution in [3.63, 3.8) is 0 Å². The van der Waals surface area contributed by atoms with Crippen LogP contribution in [0.4, 0.5) is 5.69 Å². The summed E-state index contributed by atoms with van der Waals surface area (Å²) in [5.41, 5.74) is 0.754. The molecule has 2 aromatic rings. The highest BCUT2D eigenvalue weighted by atomic mass is 16.6. The second-order valence-corrected chi connectivity index (χ2v) is 5.31. The average Bonchev–Trinajstić information content (AvgIpc) is 2.60. The van der Waals surface area contributed by atoms with E-state index in [9.17, 15) is 14.9 Å². The van der Waals surface area contributed by atoms with E-state index in [1.54, 1.807) is 12.1 Å². The zero-order valence-electron chi connectivity index (χ0n) is 12.8. The Labute approximate surface area is 138 Å². The number of nitrogens with zero attached hydrogens (tertiary/aromatic N) is 1. The highest BCUT2D eigenvalue weighted by Gasteiger charge is 2.23. The maximum atomic E-state index is 12.1. The normalized spacial score (nSPS) is 15.8. The van der Waals surface area contributed by atoms with Crippen LogP contribution >= 0.6 is 0 Å². The van der Waals surface area contributed by atoms with Crippen molar-refractivity contribution in [3.05, 3.63) is 64.2 Å². The lowest BCUT2D eigenvalue weighted by Gasteiger charge is -2.26. The third-order valence-corrected chi connectivity index (χ3v) is 3.71. The van der Waals surface area contributed by atoms with Gasteiger partial charge in [-0.15, -0.1) is 0 Å². The van der Waals surface area contributed by atoms with E-state index in [2.05, 4.69) is 5.32 Å². The topological polar surface area (TPSA) is 90.7 Å². The van der Waals surface area contributed by atoms with Crippen LogP contribution in [0.15, 0.2) is 48.5 Å². The lowest BCUT2D eigenvalue weighted by Crippen LogP contribution is -2.35. The van der Waals surface area contributed by atoms with Crippen molar-refractivity contribution >= 4 is 11.6 Å². The van der Waals surface area contributed by atoms with Crippen molar-refractivity contribution in [1.29, 1.82) is 0 Å². The number of carbonyl (C=O) groups is 1. The van der Waals surface area contributed by atoms with Crippen LogP contribution < -0.4 is 14.8 Å². The Morgan fingerprint density at radius 1 is 1.25 bits per heavy atom. The van der Waals surface area contributed by atoms with E-state index in [1.165, 1.54) is 12.1 Å². The molecule has 1 N–H and O–H groups in total. The number of carbonyl (C=O) groups excluding carboxylic acids is 1. The molecule has 124 valence electrons. The summed E-state index contributed by atoms with van der Waals surface area (Å²) in [6.45, 7) is 0.233. The summed E-state index contributed by atoms with van der Waals surface area (Å²) in [5.74, 6) is 0.494. The molecule has 1 atom stereocenters. The predicted octanol–water partition coefficient (Wildman–Crippen LogP) is 2.61. The molecule has 24 heavy (non-hydrogen) atoms. The fraction of sp³-hybridized carbons (Fsp3) is 0.235. The van der Waals surface area contributed by atoms with Gasteiger partial charge in [0.25, 0.3) is 5.91 Å². The Balaban J connectivity index is 1.62. The quantitative estimate of drug-likeness (QED) is 0.673. The molecule has 0 aromatic heterocycles. The maximum Gasteiger partial charge on any atom is 0.310 e. The summed E-state index contributed by atoms with van der Waals surface area (Å²) in [7, 11) is 0. The summed E-state index contributed by atoms with van der Waals surface area (Å²) in [6.07, 6.45) is 0.661. The number of hydrogen-bond donors (Lipinski definition) is 1. The number of amides is 1. The number of rotatable bonds is 5. The van der Waals surface area contributed by atoms with Crippen LogP contribution in [0.1, 0.15) is 18.0 Å². The molecule has 0 aliphatic carbocycles. The first-order valence-electron chi connectivity index (χ1n) is 7.52. The fourth-order valence-corrected chi connectivity index (χ4v) is 2.60. The zero-order valence-corrected chi connectivity index (χ0v) is 12.8. The monoisotopic (exact) mass is 328 g/mol. The van der Waals surface area contributed by atoms with Crippen LogP contribution in [0.3, 0.4) is 0 Å². The molecule has 0 unspecified atom stereocenters. The van der Waals surface area contributed by atoms with Gasteiger partial charge in [-0.1, -0.05) is 30.3 Å². The average molecular weight is 328 g/mol. The van der Waals surface area contributed by atoms with E-state index >= 15 is 0 Å². The van der Waals surface area contributed by atoms with Gasteiger partial charge in [-0.25, -0.2) is 0 Å². The number of nitrogens with one attached hydrogen (secondary N) is 1. The molecule has 0 fully saturated rings. The van der Waals surface area contributed by atoms with Gasteiger partial charge < -0.3 is 14.8 Å². The molecule has 2 aromatic carbocycles. The van der Waals surface area contributed by atoms with Crippen molar-refractivity contribution in [2.75, 3.05) is 13.2 Å². The van der Waals surface area contributed by atoms with Crippen LogP contribution in [-0.4, -0.2) is 24.0 Å². The van der Waals surface area contributed by atoms with Crippen LogP contribution in [0, 0.1) is 10.1 Å². The van der Waals surface area contributed by atoms with E-state index in [4.69, 9.17) is 9.47 Å². The van der Waals surface area contributed by atoms with Gasteiger partial charge >= 0.3 is 5.69 Å². The highest BCUT2D eigenvalue weighted by molar-refractivity contribution is 5.78. The van der Waals surface area contributed by atoms with E-state index in [0.29, 0.717) is 13.0 Å².